The van der Waals surface area contributed by atoms with Gasteiger partial charge in [-0.1, -0.05) is 162 Å². The van der Waals surface area contributed by atoms with Crippen LogP contribution in [0.1, 0.15) is 57.3 Å². The highest BCUT2D eigenvalue weighted by atomic mass is 16.5. The number of ether oxygens (including phenoxy) is 1. The van der Waals surface area contributed by atoms with Gasteiger partial charge in [0.2, 0.25) is 0 Å². The Morgan fingerprint density at radius 2 is 0.533 bits per heavy atom. The Labute approximate surface area is 271 Å². The van der Waals surface area contributed by atoms with Gasteiger partial charge in [-0.05, 0) is 88.1 Å². The van der Waals surface area contributed by atoms with Gasteiger partial charge in [0.05, 0.1) is 0 Å². The van der Waals surface area contributed by atoms with Crippen molar-refractivity contribution in [3.05, 3.63) is 190 Å². The summed E-state index contributed by atoms with van der Waals surface area (Å²) in [7, 11) is 0. The van der Waals surface area contributed by atoms with Crippen molar-refractivity contribution in [3.8, 4) is 22.6 Å². The molecule has 6 rings (SSSR count). The molecule has 6 aromatic carbocycles. The minimum Gasteiger partial charge on any atom is -0.457 e. The fourth-order valence-electron chi connectivity index (χ4n) is 4.74. The fraction of sp³-hybridized carbons (Fsp3) is 0.182. The lowest BCUT2D eigenvalue weighted by Crippen LogP contribution is -1.95. The molecular formula is C44H46O. The normalized spacial score (nSPS) is 10.3. The SMILES string of the molecule is Cc1ccc(-c2ccc(C)cc2)cc1.Cc1ccc(C(C)c2ccc(C)cc2)cc1.Cc1ccc(Oc2ccc(C)cc2)cc1. The Kier molecular flexibility index (Phi) is 11.9. The van der Waals surface area contributed by atoms with Gasteiger partial charge in [-0.2, -0.15) is 0 Å². The smallest absolute Gasteiger partial charge is 0.127 e. The van der Waals surface area contributed by atoms with Crippen LogP contribution < -0.4 is 4.74 Å². The molecular weight excluding hydrogens is 544 g/mol. The van der Waals surface area contributed by atoms with Crippen LogP contribution >= 0.6 is 0 Å². The molecule has 1 nitrogen and oxygen atoms in total. The predicted molar refractivity (Wildman–Crippen MR) is 194 cm³/mol. The summed E-state index contributed by atoms with van der Waals surface area (Å²) >= 11 is 0. The first-order valence-corrected chi connectivity index (χ1v) is 15.7. The molecule has 0 aromatic heterocycles. The number of benzene rings is 6. The summed E-state index contributed by atoms with van der Waals surface area (Å²) in [6, 6.07) is 51.0. The molecule has 1 heteroatoms. The van der Waals surface area contributed by atoms with Gasteiger partial charge in [0.1, 0.15) is 11.5 Å². The van der Waals surface area contributed by atoms with Crippen molar-refractivity contribution in [3.63, 3.8) is 0 Å². The van der Waals surface area contributed by atoms with E-state index < -0.39 is 0 Å². The van der Waals surface area contributed by atoms with E-state index in [4.69, 9.17) is 4.74 Å². The Bertz CT molecular complexity index is 1580. The quantitative estimate of drug-likeness (QED) is 0.194. The first-order chi connectivity index (χ1) is 21.7. The first-order valence-electron chi connectivity index (χ1n) is 15.7. The highest BCUT2D eigenvalue weighted by Gasteiger charge is 2.07. The van der Waals surface area contributed by atoms with Crippen molar-refractivity contribution in [2.24, 2.45) is 0 Å². The summed E-state index contributed by atoms with van der Waals surface area (Å²) in [6.07, 6.45) is 0. The van der Waals surface area contributed by atoms with Crippen molar-refractivity contribution < 1.29 is 4.74 Å². The average molecular weight is 591 g/mol. The molecule has 0 aliphatic heterocycles. The van der Waals surface area contributed by atoms with Crippen molar-refractivity contribution in [2.75, 3.05) is 0 Å². The zero-order valence-electron chi connectivity index (χ0n) is 27.8. The van der Waals surface area contributed by atoms with Gasteiger partial charge in [0, 0.05) is 5.92 Å². The maximum Gasteiger partial charge on any atom is 0.127 e. The zero-order valence-corrected chi connectivity index (χ0v) is 27.8. The van der Waals surface area contributed by atoms with Gasteiger partial charge in [-0.15, -0.1) is 0 Å². The van der Waals surface area contributed by atoms with E-state index in [1.165, 1.54) is 55.6 Å². The van der Waals surface area contributed by atoms with E-state index in [0.717, 1.165) is 11.5 Å². The van der Waals surface area contributed by atoms with Crippen LogP contribution in [0.5, 0.6) is 11.5 Å². The van der Waals surface area contributed by atoms with E-state index in [2.05, 4.69) is 146 Å². The lowest BCUT2D eigenvalue weighted by molar-refractivity contribution is 0.482. The Hall–Kier alpha value is -4.88. The summed E-state index contributed by atoms with van der Waals surface area (Å²) in [5.41, 5.74) is 13.1. The number of aryl methyl sites for hydroxylation is 6. The fourth-order valence-corrected chi connectivity index (χ4v) is 4.74. The minimum absolute atomic E-state index is 0.473. The third-order valence-electron chi connectivity index (χ3n) is 7.87. The first kappa shape index (κ1) is 33.0. The Morgan fingerprint density at radius 3 is 0.800 bits per heavy atom. The van der Waals surface area contributed by atoms with Crippen LogP contribution in [0, 0.1) is 41.5 Å². The molecule has 0 amide bonds. The van der Waals surface area contributed by atoms with Gasteiger partial charge in [0.15, 0.2) is 0 Å². The van der Waals surface area contributed by atoms with Crippen molar-refractivity contribution in [1.82, 2.24) is 0 Å². The van der Waals surface area contributed by atoms with Crippen LogP contribution in [0.25, 0.3) is 11.1 Å². The van der Waals surface area contributed by atoms with Crippen LogP contribution in [0.3, 0.4) is 0 Å². The number of rotatable bonds is 5. The molecule has 228 valence electrons. The molecule has 0 saturated carbocycles. The van der Waals surface area contributed by atoms with Crippen LogP contribution in [0.4, 0.5) is 0 Å². The van der Waals surface area contributed by atoms with Crippen molar-refractivity contribution in [1.29, 1.82) is 0 Å². The van der Waals surface area contributed by atoms with E-state index >= 15 is 0 Å². The average Bonchev–Trinajstić information content (AvgIpc) is 3.05. The highest BCUT2D eigenvalue weighted by Crippen LogP contribution is 2.25. The summed E-state index contributed by atoms with van der Waals surface area (Å²) in [4.78, 5) is 0. The molecule has 0 saturated heterocycles. The molecule has 6 aromatic rings. The molecule has 0 atom stereocenters. The predicted octanol–water partition coefficient (Wildman–Crippen LogP) is 12.5. The van der Waals surface area contributed by atoms with Gasteiger partial charge in [-0.3, -0.25) is 0 Å². The summed E-state index contributed by atoms with van der Waals surface area (Å²) < 4.78 is 5.69. The Balaban J connectivity index is 0.000000154. The molecule has 0 fully saturated rings. The molecule has 0 unspecified atom stereocenters. The molecule has 0 aliphatic rings. The standard InChI is InChI=1S/C16H18.C14H14O.C14H14/c1-12-4-8-15(9-5-12)14(3)16-10-6-13(2)7-11-16;1-11-3-7-13(8-4-11)15-14-9-5-12(2)6-10-14;1-11-3-7-13(8-4-11)14-9-5-12(2)6-10-14/h4-11,14H,1-3H3;3-10H,1-2H3;3-10H,1-2H3. The maximum atomic E-state index is 5.69. The maximum absolute atomic E-state index is 5.69. The molecule has 0 aliphatic carbocycles. The van der Waals surface area contributed by atoms with Crippen molar-refractivity contribution in [2.45, 2.75) is 54.4 Å². The molecule has 0 N–H and O–H groups in total. The van der Waals surface area contributed by atoms with Crippen LogP contribution in [-0.2, 0) is 0 Å². The number of hydrogen-bond donors (Lipinski definition) is 0. The van der Waals surface area contributed by atoms with E-state index in [0.29, 0.717) is 5.92 Å². The topological polar surface area (TPSA) is 9.23 Å². The molecule has 0 bridgehead atoms. The lowest BCUT2D eigenvalue weighted by Gasteiger charge is -2.12. The van der Waals surface area contributed by atoms with Crippen LogP contribution in [0.15, 0.2) is 146 Å². The minimum atomic E-state index is 0.473. The summed E-state index contributed by atoms with van der Waals surface area (Å²) in [6.45, 7) is 14.9. The largest absolute Gasteiger partial charge is 0.457 e. The summed E-state index contributed by atoms with van der Waals surface area (Å²) in [5.74, 6) is 2.23. The van der Waals surface area contributed by atoms with E-state index in [-0.39, 0.29) is 0 Å². The zero-order chi connectivity index (χ0) is 32.2. The third-order valence-corrected chi connectivity index (χ3v) is 7.87. The second kappa shape index (κ2) is 16.3. The van der Waals surface area contributed by atoms with Gasteiger partial charge in [-0.25, -0.2) is 0 Å². The second-order valence-corrected chi connectivity index (χ2v) is 12.0. The molecule has 0 spiro atoms. The van der Waals surface area contributed by atoms with Crippen LogP contribution in [-0.4, -0.2) is 0 Å². The van der Waals surface area contributed by atoms with E-state index in [1.807, 2.05) is 48.5 Å². The second-order valence-electron chi connectivity index (χ2n) is 12.0. The van der Waals surface area contributed by atoms with Gasteiger partial charge >= 0.3 is 0 Å². The molecule has 0 radical (unpaired) electrons. The lowest BCUT2D eigenvalue weighted by atomic mass is 9.92. The van der Waals surface area contributed by atoms with Gasteiger partial charge in [0.25, 0.3) is 0 Å². The summed E-state index contributed by atoms with van der Waals surface area (Å²) in [5, 5.41) is 0. The van der Waals surface area contributed by atoms with E-state index in [9.17, 15) is 0 Å². The van der Waals surface area contributed by atoms with Gasteiger partial charge < -0.3 is 4.74 Å². The van der Waals surface area contributed by atoms with E-state index in [1.54, 1.807) is 0 Å². The number of hydrogen-bond acceptors (Lipinski definition) is 1. The molecule has 0 heterocycles. The van der Waals surface area contributed by atoms with Crippen molar-refractivity contribution >= 4 is 0 Å². The Morgan fingerprint density at radius 1 is 0.311 bits per heavy atom. The molecule has 45 heavy (non-hydrogen) atoms. The monoisotopic (exact) mass is 590 g/mol. The highest BCUT2D eigenvalue weighted by molar-refractivity contribution is 5.63. The third kappa shape index (κ3) is 10.7. The van der Waals surface area contributed by atoms with Crippen LogP contribution in [0.2, 0.25) is 0 Å².